The third kappa shape index (κ3) is 4.46. The van der Waals surface area contributed by atoms with Gasteiger partial charge in [0.1, 0.15) is 12.1 Å². The van der Waals surface area contributed by atoms with Crippen molar-refractivity contribution in [2.45, 2.75) is 70.8 Å². The lowest BCUT2D eigenvalue weighted by Crippen LogP contribution is -2.45. The van der Waals surface area contributed by atoms with Gasteiger partial charge in [-0.15, -0.1) is 0 Å². The molecular weight excluding hydrogens is 366 g/mol. The molecule has 1 unspecified atom stereocenters. The van der Waals surface area contributed by atoms with E-state index in [1.807, 2.05) is 24.3 Å². The van der Waals surface area contributed by atoms with Gasteiger partial charge in [0.05, 0.1) is 0 Å². The summed E-state index contributed by atoms with van der Waals surface area (Å²) in [4.78, 5) is 41.3. The minimum absolute atomic E-state index is 0.00680. The second kappa shape index (κ2) is 8.17. The Balaban J connectivity index is 1.73. The average molecular weight is 400 g/mol. The number of nitrogens with zero attached hydrogens (tertiary/aromatic N) is 2. The smallest absolute Gasteiger partial charge is 0.325 e. The molecule has 1 N–H and O–H groups in total. The highest BCUT2D eigenvalue weighted by molar-refractivity contribution is 6.09. The maximum absolute atomic E-state index is 13.1. The van der Waals surface area contributed by atoms with Gasteiger partial charge in [0.15, 0.2) is 0 Å². The summed E-state index contributed by atoms with van der Waals surface area (Å²) in [6.07, 6.45) is 5.40. The Hall–Kier alpha value is -2.37. The van der Waals surface area contributed by atoms with E-state index in [0.717, 1.165) is 41.7 Å². The van der Waals surface area contributed by atoms with Gasteiger partial charge in [0.2, 0.25) is 5.91 Å². The molecule has 6 heteroatoms. The zero-order valence-corrected chi connectivity index (χ0v) is 18.1. The Bertz CT molecular complexity index is 774. The predicted molar refractivity (Wildman–Crippen MR) is 112 cm³/mol. The van der Waals surface area contributed by atoms with Crippen LogP contribution in [-0.2, 0) is 20.5 Å². The van der Waals surface area contributed by atoms with Gasteiger partial charge in [0.25, 0.3) is 5.91 Å². The van der Waals surface area contributed by atoms with Gasteiger partial charge in [-0.3, -0.25) is 14.5 Å². The summed E-state index contributed by atoms with van der Waals surface area (Å²) in [5, 5.41) is 2.80. The van der Waals surface area contributed by atoms with E-state index in [1.165, 1.54) is 6.42 Å². The molecule has 2 aliphatic rings. The molecule has 2 aliphatic heterocycles. The molecular formula is C23H33N3O3. The van der Waals surface area contributed by atoms with Crippen molar-refractivity contribution in [3.05, 3.63) is 35.4 Å². The summed E-state index contributed by atoms with van der Waals surface area (Å²) in [6, 6.07) is 7.27. The van der Waals surface area contributed by atoms with E-state index in [1.54, 1.807) is 11.8 Å². The van der Waals surface area contributed by atoms with Crippen LogP contribution in [0.15, 0.2) is 24.3 Å². The Morgan fingerprint density at radius 2 is 1.55 bits per heavy atom. The van der Waals surface area contributed by atoms with Crippen molar-refractivity contribution in [1.29, 1.82) is 0 Å². The molecule has 0 saturated carbocycles. The van der Waals surface area contributed by atoms with Crippen LogP contribution in [0, 0.1) is 0 Å². The predicted octanol–water partition coefficient (Wildman–Crippen LogP) is 3.54. The zero-order chi connectivity index (χ0) is 21.2. The monoisotopic (exact) mass is 399 g/mol. The molecule has 1 aromatic carbocycles. The molecule has 158 valence electrons. The van der Waals surface area contributed by atoms with Crippen molar-refractivity contribution in [1.82, 2.24) is 15.1 Å². The molecule has 4 amide bonds. The Morgan fingerprint density at radius 1 is 1.00 bits per heavy atom. The first-order valence-corrected chi connectivity index (χ1v) is 10.7. The van der Waals surface area contributed by atoms with Gasteiger partial charge in [-0.1, -0.05) is 64.3 Å². The van der Waals surface area contributed by atoms with E-state index in [-0.39, 0.29) is 23.8 Å². The van der Waals surface area contributed by atoms with Crippen molar-refractivity contribution >= 4 is 17.8 Å². The van der Waals surface area contributed by atoms with Gasteiger partial charge in [-0.05, 0) is 36.3 Å². The van der Waals surface area contributed by atoms with Crippen LogP contribution in [0.5, 0.6) is 0 Å². The lowest BCUT2D eigenvalue weighted by atomic mass is 9.84. The van der Waals surface area contributed by atoms with Gasteiger partial charge in [-0.25, -0.2) is 4.79 Å². The number of benzene rings is 1. The number of rotatable bonds is 3. The number of amides is 4. The number of hydrogen-bond acceptors (Lipinski definition) is 3. The molecule has 2 fully saturated rings. The molecule has 29 heavy (non-hydrogen) atoms. The number of hydrogen-bond donors (Lipinski definition) is 1. The molecule has 0 radical (unpaired) electrons. The van der Waals surface area contributed by atoms with Crippen molar-refractivity contribution in [2.24, 2.45) is 0 Å². The number of nitrogens with one attached hydrogen (secondary N) is 1. The lowest BCUT2D eigenvalue weighted by Gasteiger charge is -2.27. The second-order valence-electron chi connectivity index (χ2n) is 9.42. The summed E-state index contributed by atoms with van der Waals surface area (Å²) in [5.41, 5.74) is 0.743. The number of carbonyl (C=O) groups excluding carboxylic acids is 3. The van der Waals surface area contributed by atoms with Crippen LogP contribution in [0.3, 0.4) is 0 Å². The third-order valence-electron chi connectivity index (χ3n) is 6.11. The maximum atomic E-state index is 13.1. The quantitative estimate of drug-likeness (QED) is 0.791. The molecule has 1 aromatic rings. The SMILES string of the molecule is CC(C)(C)c1ccc(C2(C)NC(=O)N(CC(=O)N3CCCCCCC3)C2=O)cc1. The molecule has 0 bridgehead atoms. The topological polar surface area (TPSA) is 69.7 Å². The number of carbonyl (C=O) groups is 3. The van der Waals surface area contributed by atoms with Crippen molar-refractivity contribution in [3.8, 4) is 0 Å². The number of urea groups is 1. The lowest BCUT2D eigenvalue weighted by molar-refractivity contribution is -0.139. The molecule has 0 aliphatic carbocycles. The van der Waals surface area contributed by atoms with Crippen LogP contribution in [0.25, 0.3) is 0 Å². The van der Waals surface area contributed by atoms with E-state index in [4.69, 9.17) is 0 Å². The minimum atomic E-state index is -1.15. The maximum Gasteiger partial charge on any atom is 0.325 e. The fourth-order valence-corrected chi connectivity index (χ4v) is 4.07. The van der Waals surface area contributed by atoms with Gasteiger partial charge in [-0.2, -0.15) is 0 Å². The van der Waals surface area contributed by atoms with Crippen molar-refractivity contribution < 1.29 is 14.4 Å². The first-order valence-electron chi connectivity index (χ1n) is 10.7. The fourth-order valence-electron chi connectivity index (χ4n) is 4.07. The van der Waals surface area contributed by atoms with E-state index in [9.17, 15) is 14.4 Å². The normalized spacial score (nSPS) is 23.6. The Kier molecular flexibility index (Phi) is 6.01. The molecule has 0 aromatic heterocycles. The first kappa shape index (κ1) is 21.3. The van der Waals surface area contributed by atoms with Crippen LogP contribution in [-0.4, -0.2) is 47.3 Å². The summed E-state index contributed by atoms with van der Waals surface area (Å²) in [6.45, 7) is 9.31. The molecule has 3 rings (SSSR count). The summed E-state index contributed by atoms with van der Waals surface area (Å²) in [5.74, 6) is -0.519. The van der Waals surface area contributed by atoms with Crippen molar-refractivity contribution in [2.75, 3.05) is 19.6 Å². The summed E-state index contributed by atoms with van der Waals surface area (Å²) in [7, 11) is 0. The highest BCUT2D eigenvalue weighted by Gasteiger charge is 2.49. The van der Waals surface area contributed by atoms with Gasteiger partial charge < -0.3 is 10.2 Å². The fraction of sp³-hybridized carbons (Fsp3) is 0.609. The molecule has 2 heterocycles. The minimum Gasteiger partial charge on any atom is -0.341 e. The standard InChI is InChI=1S/C23H33N3O3/c1-22(2,3)17-10-12-18(13-11-17)23(4)20(28)26(21(29)24-23)16-19(27)25-14-8-6-5-7-9-15-25/h10-13H,5-9,14-16H2,1-4H3,(H,24,29). The largest absolute Gasteiger partial charge is 0.341 e. The van der Waals surface area contributed by atoms with Crippen molar-refractivity contribution in [3.63, 3.8) is 0 Å². The van der Waals surface area contributed by atoms with Gasteiger partial charge >= 0.3 is 6.03 Å². The average Bonchev–Trinajstić information content (AvgIpc) is 2.85. The van der Waals surface area contributed by atoms with Crippen LogP contribution in [0.2, 0.25) is 0 Å². The third-order valence-corrected chi connectivity index (χ3v) is 6.11. The molecule has 2 saturated heterocycles. The highest BCUT2D eigenvalue weighted by atomic mass is 16.2. The molecule has 6 nitrogen and oxygen atoms in total. The van der Waals surface area contributed by atoms with E-state index >= 15 is 0 Å². The molecule has 0 spiro atoms. The highest BCUT2D eigenvalue weighted by Crippen LogP contribution is 2.31. The Morgan fingerprint density at radius 3 is 2.10 bits per heavy atom. The summed E-state index contributed by atoms with van der Waals surface area (Å²) < 4.78 is 0. The van der Waals surface area contributed by atoms with E-state index in [2.05, 4.69) is 26.1 Å². The van der Waals surface area contributed by atoms with Gasteiger partial charge in [0, 0.05) is 13.1 Å². The first-order chi connectivity index (χ1) is 13.6. The molecule has 1 atom stereocenters. The van der Waals surface area contributed by atoms with Crippen LogP contribution >= 0.6 is 0 Å². The second-order valence-corrected chi connectivity index (χ2v) is 9.42. The Labute approximate surface area is 173 Å². The van der Waals surface area contributed by atoms with E-state index < -0.39 is 11.6 Å². The summed E-state index contributed by atoms with van der Waals surface area (Å²) >= 11 is 0. The van der Waals surface area contributed by atoms with Crippen LogP contribution in [0.4, 0.5) is 4.79 Å². The number of likely N-dealkylation sites (tertiary alicyclic amines) is 1. The van der Waals surface area contributed by atoms with Crippen LogP contribution < -0.4 is 5.32 Å². The van der Waals surface area contributed by atoms with Crippen LogP contribution in [0.1, 0.15) is 70.9 Å². The van der Waals surface area contributed by atoms with E-state index in [0.29, 0.717) is 13.1 Å². The zero-order valence-electron chi connectivity index (χ0n) is 18.1. The number of imide groups is 1.